The molecule has 0 unspecified atom stereocenters. The van der Waals surface area contributed by atoms with Gasteiger partial charge in [0.15, 0.2) is 0 Å². The summed E-state index contributed by atoms with van der Waals surface area (Å²) >= 11 is 0. The molecule has 0 bridgehead atoms. The molecule has 0 amide bonds. The fraction of sp³-hybridized carbons (Fsp3) is 0.538. The lowest BCUT2D eigenvalue weighted by molar-refractivity contribution is -0.410. The number of nitrogens with zero attached hydrogens (tertiary/aromatic N) is 2. The van der Waals surface area contributed by atoms with Crippen LogP contribution < -0.4 is 0 Å². The fourth-order valence-corrected chi connectivity index (χ4v) is 10.5. The number of piperazine rings is 1. The Labute approximate surface area is 350 Å². The molecule has 6 nitrogen and oxygen atoms in total. The van der Waals surface area contributed by atoms with Gasteiger partial charge in [0.1, 0.15) is 22.4 Å². The molecule has 6 heteroatoms. The average molecular weight is 787 g/mol. The second kappa shape index (κ2) is 17.3. The largest absolute Gasteiger partial charge is 0.291 e. The average Bonchev–Trinajstić information content (AvgIpc) is 3.26. The predicted molar refractivity (Wildman–Crippen MR) is 235 cm³/mol. The maximum atomic E-state index is 6.51. The van der Waals surface area contributed by atoms with Crippen LogP contribution in [-0.2, 0) is 53.0 Å². The van der Waals surface area contributed by atoms with Crippen LogP contribution >= 0.6 is 0 Å². The van der Waals surface area contributed by atoms with Crippen LogP contribution in [0, 0.1) is 0 Å². The zero-order valence-corrected chi connectivity index (χ0v) is 36.8. The Bertz CT molecular complexity index is 1780. The topological polar surface area (TPSA) is 43.4 Å². The Balaban J connectivity index is 1.14. The highest BCUT2D eigenvalue weighted by Crippen LogP contribution is 2.50. The molecule has 0 spiro atoms. The number of hydrogen-bond donors (Lipinski definition) is 0. The van der Waals surface area contributed by atoms with Crippen LogP contribution in [0.5, 0.6) is 0 Å². The summed E-state index contributed by atoms with van der Waals surface area (Å²) in [5.74, 6) is 0. The minimum Gasteiger partial charge on any atom is -0.291 e. The molecule has 3 fully saturated rings. The van der Waals surface area contributed by atoms with Crippen molar-refractivity contribution >= 4 is 0 Å². The molecule has 7 rings (SSSR count). The number of benzene rings is 4. The van der Waals surface area contributed by atoms with Crippen LogP contribution in [0.2, 0.25) is 0 Å². The third-order valence-corrected chi connectivity index (χ3v) is 13.9. The molecule has 58 heavy (non-hydrogen) atoms. The zero-order valence-electron chi connectivity index (χ0n) is 36.8. The smallest absolute Gasteiger partial charge is 0.123 e. The highest BCUT2D eigenvalue weighted by molar-refractivity contribution is 5.40. The summed E-state index contributed by atoms with van der Waals surface area (Å²) in [6.45, 7) is 21.1. The minimum absolute atomic E-state index is 0.0487. The summed E-state index contributed by atoms with van der Waals surface area (Å²) in [4.78, 5) is 31.4. The first kappa shape index (κ1) is 42.8. The maximum Gasteiger partial charge on any atom is 0.123 e. The van der Waals surface area contributed by atoms with E-state index in [2.05, 4.69) is 162 Å². The molecule has 0 N–H and O–H groups in total. The van der Waals surface area contributed by atoms with Gasteiger partial charge >= 0.3 is 0 Å². The van der Waals surface area contributed by atoms with Gasteiger partial charge in [0.25, 0.3) is 0 Å². The minimum atomic E-state index is -0.653. The van der Waals surface area contributed by atoms with Gasteiger partial charge in [-0.05, 0) is 114 Å². The quantitative estimate of drug-likeness (QED) is 0.0937. The van der Waals surface area contributed by atoms with Gasteiger partial charge in [0.2, 0.25) is 0 Å². The van der Waals surface area contributed by atoms with Crippen LogP contribution in [0.1, 0.15) is 153 Å². The van der Waals surface area contributed by atoms with E-state index in [0.717, 1.165) is 63.0 Å². The highest BCUT2D eigenvalue weighted by atomic mass is 17.2. The van der Waals surface area contributed by atoms with Crippen molar-refractivity contribution in [2.24, 2.45) is 0 Å². The predicted octanol–water partition coefficient (Wildman–Crippen LogP) is 12.6. The monoisotopic (exact) mass is 787 g/mol. The highest BCUT2D eigenvalue weighted by Gasteiger charge is 2.49. The molecule has 0 aromatic heterocycles. The maximum absolute atomic E-state index is 6.51. The molecule has 4 aromatic carbocycles. The van der Waals surface area contributed by atoms with E-state index in [1.165, 1.54) is 60.8 Å². The third-order valence-electron chi connectivity index (χ3n) is 13.9. The van der Waals surface area contributed by atoms with E-state index in [4.69, 9.17) is 19.6 Å². The zero-order chi connectivity index (χ0) is 41.1. The molecular formula is C52H70N2O4. The summed E-state index contributed by atoms with van der Waals surface area (Å²) in [6, 6.07) is 38.9. The van der Waals surface area contributed by atoms with Crippen LogP contribution in [-0.4, -0.2) is 36.0 Å². The van der Waals surface area contributed by atoms with Crippen LogP contribution in [0.4, 0.5) is 0 Å². The van der Waals surface area contributed by atoms with Crippen molar-refractivity contribution in [3.8, 4) is 0 Å². The van der Waals surface area contributed by atoms with Crippen LogP contribution in [0.3, 0.4) is 0 Å². The van der Waals surface area contributed by atoms with E-state index >= 15 is 0 Å². The van der Waals surface area contributed by atoms with E-state index < -0.39 is 22.4 Å². The Hall–Kier alpha value is -3.36. The molecule has 4 aromatic rings. The molecule has 2 aliphatic carbocycles. The van der Waals surface area contributed by atoms with Crippen LogP contribution in [0.25, 0.3) is 0 Å². The van der Waals surface area contributed by atoms with E-state index in [1.54, 1.807) is 0 Å². The van der Waals surface area contributed by atoms with Gasteiger partial charge < -0.3 is 0 Å². The molecule has 1 heterocycles. The van der Waals surface area contributed by atoms with Gasteiger partial charge in [-0.3, -0.25) is 9.80 Å². The molecule has 0 radical (unpaired) electrons. The molecule has 312 valence electrons. The first-order valence-corrected chi connectivity index (χ1v) is 22.3. The van der Waals surface area contributed by atoms with E-state index in [9.17, 15) is 0 Å². The normalized spacial score (nSPS) is 19.9. The number of hydrogen-bond acceptors (Lipinski definition) is 6. The Morgan fingerprint density at radius 2 is 0.655 bits per heavy atom. The van der Waals surface area contributed by atoms with Crippen molar-refractivity contribution in [2.75, 3.05) is 26.2 Å². The first-order valence-electron chi connectivity index (χ1n) is 22.3. The standard InChI is InChI=1S/C52H70N2O4/c1-47(2,41-25-13-9-14-26-41)55-57-49(5,6)43-29-17-19-31-45(43)51(33-21-11-22-34-51)53-37-39-54(40-38-53)52(35-23-12-24-36-52)46-32-20-18-30-44(46)50(7,8)58-56-48(3,4)42-27-15-10-16-28-42/h9-10,13-20,25-32H,11-12,21-24,33-40H2,1-8H3. The van der Waals surface area contributed by atoms with Crippen molar-refractivity contribution < 1.29 is 19.6 Å². The Morgan fingerprint density at radius 3 is 1.00 bits per heavy atom. The summed E-state index contributed by atoms with van der Waals surface area (Å²) in [5.41, 5.74) is 4.86. The number of rotatable bonds is 14. The van der Waals surface area contributed by atoms with Crippen molar-refractivity contribution in [1.82, 2.24) is 9.80 Å². The van der Waals surface area contributed by atoms with Crippen molar-refractivity contribution in [1.29, 1.82) is 0 Å². The van der Waals surface area contributed by atoms with E-state index in [-0.39, 0.29) is 11.1 Å². The molecular weight excluding hydrogens is 717 g/mol. The summed E-state index contributed by atoms with van der Waals surface area (Å²) in [6.07, 6.45) is 12.2. The fourth-order valence-electron chi connectivity index (χ4n) is 10.5. The third kappa shape index (κ3) is 8.75. The lowest BCUT2D eigenvalue weighted by Crippen LogP contribution is -2.61. The summed E-state index contributed by atoms with van der Waals surface area (Å²) in [5, 5.41) is 0. The molecule has 3 aliphatic rings. The molecule has 0 atom stereocenters. The van der Waals surface area contributed by atoms with Crippen molar-refractivity contribution in [3.63, 3.8) is 0 Å². The van der Waals surface area contributed by atoms with Gasteiger partial charge in [-0.1, -0.05) is 148 Å². The Kier molecular flexibility index (Phi) is 12.8. The van der Waals surface area contributed by atoms with Crippen molar-refractivity contribution in [3.05, 3.63) is 143 Å². The van der Waals surface area contributed by atoms with Crippen LogP contribution in [0.15, 0.2) is 109 Å². The van der Waals surface area contributed by atoms with Gasteiger partial charge in [-0.15, -0.1) is 0 Å². The van der Waals surface area contributed by atoms with Gasteiger partial charge in [-0.2, -0.15) is 0 Å². The molecule has 1 saturated heterocycles. The molecule has 2 saturated carbocycles. The Morgan fingerprint density at radius 1 is 0.362 bits per heavy atom. The van der Waals surface area contributed by atoms with Gasteiger partial charge in [0.05, 0.1) is 0 Å². The first-order chi connectivity index (χ1) is 27.7. The van der Waals surface area contributed by atoms with E-state index in [1.807, 2.05) is 12.1 Å². The lowest BCUT2D eigenvalue weighted by atomic mass is 9.70. The molecule has 1 aliphatic heterocycles. The SMILES string of the molecule is CC(C)(OOC(C)(C)c1ccccc1C1(N2CCN(C3(c4ccccc4C(C)(C)OOC(C)(C)c4ccccc4)CCCCC3)CC2)CCCCC1)c1ccccc1. The second-order valence-corrected chi connectivity index (χ2v) is 19.4. The van der Waals surface area contributed by atoms with E-state index in [0.29, 0.717) is 0 Å². The van der Waals surface area contributed by atoms with Crippen molar-refractivity contribution in [2.45, 2.75) is 153 Å². The summed E-state index contributed by atoms with van der Waals surface area (Å²) in [7, 11) is 0. The van der Waals surface area contributed by atoms with Gasteiger partial charge in [-0.25, -0.2) is 19.6 Å². The lowest BCUT2D eigenvalue weighted by Gasteiger charge is -2.56. The van der Waals surface area contributed by atoms with Gasteiger partial charge in [0, 0.05) is 37.3 Å². The summed E-state index contributed by atoms with van der Waals surface area (Å²) < 4.78 is 0. The second-order valence-electron chi connectivity index (χ2n) is 19.4.